The molecule has 0 aliphatic carbocycles. The van der Waals surface area contributed by atoms with E-state index in [1.807, 2.05) is 51.1 Å². The molecule has 2 aromatic carbocycles. The molecule has 2 atom stereocenters. The maximum atomic E-state index is 14.8. The average molecular weight is 559 g/mol. The molecule has 2 heterocycles. The van der Waals surface area contributed by atoms with Crippen molar-refractivity contribution in [3.63, 3.8) is 0 Å². The van der Waals surface area contributed by atoms with Crippen LogP contribution in [0.2, 0.25) is 0 Å². The van der Waals surface area contributed by atoms with Crippen LogP contribution in [0.15, 0.2) is 48.5 Å². The number of nitrogens with zero attached hydrogens (tertiary/aromatic N) is 5. The topological polar surface area (TPSA) is 89.5 Å². The van der Waals surface area contributed by atoms with Gasteiger partial charge in [-0.1, -0.05) is 51.1 Å². The Morgan fingerprint density at radius 3 is 2.48 bits per heavy atom. The third-order valence-corrected chi connectivity index (χ3v) is 6.89. The van der Waals surface area contributed by atoms with Crippen molar-refractivity contribution in [3.05, 3.63) is 71.6 Å². The van der Waals surface area contributed by atoms with Gasteiger partial charge in [0.2, 0.25) is 0 Å². The smallest absolute Gasteiger partial charge is 0.320 e. The largest absolute Gasteiger partial charge is 0.378 e. The number of carbonyl (C=O) groups excluding carboxylic acids is 1. The molecule has 40 heavy (non-hydrogen) atoms. The first-order valence-corrected chi connectivity index (χ1v) is 13.5. The van der Waals surface area contributed by atoms with Crippen LogP contribution in [0.3, 0.4) is 0 Å². The van der Waals surface area contributed by atoms with Crippen molar-refractivity contribution in [2.45, 2.75) is 45.8 Å². The highest BCUT2D eigenvalue weighted by Crippen LogP contribution is 2.39. The van der Waals surface area contributed by atoms with Crippen LogP contribution in [0.1, 0.15) is 44.6 Å². The summed E-state index contributed by atoms with van der Waals surface area (Å²) < 4.78 is 49.4. The molecule has 1 fully saturated rings. The van der Waals surface area contributed by atoms with Gasteiger partial charge in [0, 0.05) is 25.7 Å². The number of morpholine rings is 1. The van der Waals surface area contributed by atoms with E-state index < -0.39 is 35.8 Å². The molecule has 4 rings (SSSR count). The zero-order valence-electron chi connectivity index (χ0n) is 23.2. The van der Waals surface area contributed by atoms with Crippen LogP contribution < -0.4 is 5.73 Å². The highest BCUT2D eigenvalue weighted by molar-refractivity contribution is 5.75. The van der Waals surface area contributed by atoms with E-state index in [1.165, 1.54) is 0 Å². The second-order valence-electron chi connectivity index (χ2n) is 11.1. The Labute approximate surface area is 232 Å². The Balaban J connectivity index is 1.85. The lowest BCUT2D eigenvalue weighted by Gasteiger charge is -2.42. The molecule has 1 saturated heterocycles. The van der Waals surface area contributed by atoms with E-state index in [-0.39, 0.29) is 36.9 Å². The second-order valence-corrected chi connectivity index (χ2v) is 11.1. The number of amides is 2. The molecule has 0 spiro atoms. The fourth-order valence-corrected chi connectivity index (χ4v) is 4.86. The molecule has 1 aliphatic rings. The minimum absolute atomic E-state index is 0.0106. The molecule has 2 N–H and O–H groups in total. The number of nitrogens with two attached hydrogens (primary N) is 1. The Morgan fingerprint density at radius 2 is 1.82 bits per heavy atom. The first-order chi connectivity index (χ1) is 19.1. The van der Waals surface area contributed by atoms with Gasteiger partial charge in [-0.2, -0.15) is 5.10 Å². The minimum Gasteiger partial charge on any atom is -0.378 e. The molecule has 1 aliphatic heterocycles. The van der Waals surface area contributed by atoms with Crippen LogP contribution in [0.5, 0.6) is 0 Å². The molecule has 216 valence electrons. The highest BCUT2D eigenvalue weighted by atomic mass is 19.1. The van der Waals surface area contributed by atoms with Gasteiger partial charge in [-0.05, 0) is 35.6 Å². The van der Waals surface area contributed by atoms with Crippen LogP contribution in [0.25, 0.3) is 11.4 Å². The number of urea groups is 1. The van der Waals surface area contributed by atoms with Crippen molar-refractivity contribution in [2.24, 2.45) is 11.1 Å². The number of alkyl halides is 1. The predicted molar refractivity (Wildman–Crippen MR) is 146 cm³/mol. The lowest BCUT2D eigenvalue weighted by molar-refractivity contribution is 0.0275. The van der Waals surface area contributed by atoms with E-state index in [0.717, 1.165) is 23.8 Å². The number of halogens is 3. The first kappa shape index (κ1) is 29.5. The zero-order chi connectivity index (χ0) is 28.9. The van der Waals surface area contributed by atoms with E-state index in [0.29, 0.717) is 32.1 Å². The zero-order valence-corrected chi connectivity index (χ0v) is 23.2. The summed E-state index contributed by atoms with van der Waals surface area (Å²) in [6.45, 7) is 7.31. The number of hydrogen-bond donors (Lipinski definition) is 1. The normalized spacial score (nSPS) is 15.6. The number of aromatic nitrogens is 3. The maximum Gasteiger partial charge on any atom is 0.320 e. The highest BCUT2D eigenvalue weighted by Gasteiger charge is 2.40. The first-order valence-electron chi connectivity index (χ1n) is 13.5. The van der Waals surface area contributed by atoms with Crippen LogP contribution >= 0.6 is 0 Å². The third kappa shape index (κ3) is 7.00. The van der Waals surface area contributed by atoms with Gasteiger partial charge in [0.05, 0.1) is 31.4 Å². The summed E-state index contributed by atoms with van der Waals surface area (Å²) in [5.41, 5.74) is 6.19. The molecular formula is C29H37F3N6O2. The predicted octanol–water partition coefficient (Wildman–Crippen LogP) is 4.80. The monoisotopic (exact) mass is 558 g/mol. The Kier molecular flexibility index (Phi) is 9.47. The van der Waals surface area contributed by atoms with Gasteiger partial charge >= 0.3 is 6.03 Å². The fraction of sp³-hybridized carbons (Fsp3) is 0.483. The Hall–Kier alpha value is -3.44. The molecule has 0 radical (unpaired) electrons. The SMILES string of the molecule is CC(C)(C)[C@H](c1nc(-c2cc(F)ccc2F)nn1Cc1ccccc1)N(CC[C@H](N)CF)C(=O)N1CCOCC1. The molecule has 8 nitrogen and oxygen atoms in total. The Bertz CT molecular complexity index is 1270. The van der Waals surface area contributed by atoms with Gasteiger partial charge in [0.15, 0.2) is 11.6 Å². The van der Waals surface area contributed by atoms with E-state index in [1.54, 1.807) is 14.5 Å². The van der Waals surface area contributed by atoms with Crippen molar-refractivity contribution in [2.75, 3.05) is 39.5 Å². The molecule has 3 aromatic rings. The van der Waals surface area contributed by atoms with E-state index >= 15 is 0 Å². The number of benzene rings is 2. The maximum absolute atomic E-state index is 14.8. The summed E-state index contributed by atoms with van der Waals surface area (Å²) in [6.07, 6.45) is 0.233. The molecule has 0 unspecified atom stereocenters. The number of ether oxygens (including phenoxy) is 1. The molecule has 0 bridgehead atoms. The molecule has 2 amide bonds. The van der Waals surface area contributed by atoms with Gasteiger partial charge in [-0.3, -0.25) is 0 Å². The third-order valence-electron chi connectivity index (χ3n) is 6.89. The second kappa shape index (κ2) is 12.8. The minimum atomic E-state index is -0.736. The molecule has 1 aromatic heterocycles. The quantitative estimate of drug-likeness (QED) is 0.408. The van der Waals surface area contributed by atoms with E-state index in [2.05, 4.69) is 5.10 Å². The molecular weight excluding hydrogens is 521 g/mol. The van der Waals surface area contributed by atoms with Gasteiger partial charge in [-0.25, -0.2) is 27.6 Å². The average Bonchev–Trinajstić information content (AvgIpc) is 3.34. The number of rotatable bonds is 9. The van der Waals surface area contributed by atoms with Gasteiger partial charge in [0.25, 0.3) is 0 Å². The van der Waals surface area contributed by atoms with Gasteiger partial charge < -0.3 is 20.3 Å². The summed E-state index contributed by atoms with van der Waals surface area (Å²) >= 11 is 0. The lowest BCUT2D eigenvalue weighted by Crippen LogP contribution is -2.52. The van der Waals surface area contributed by atoms with Crippen molar-refractivity contribution in [3.8, 4) is 11.4 Å². The van der Waals surface area contributed by atoms with Crippen molar-refractivity contribution in [1.82, 2.24) is 24.6 Å². The van der Waals surface area contributed by atoms with Gasteiger partial charge in [0.1, 0.15) is 18.3 Å². The lowest BCUT2D eigenvalue weighted by atomic mass is 9.84. The summed E-state index contributed by atoms with van der Waals surface area (Å²) in [5, 5.41) is 4.62. The van der Waals surface area contributed by atoms with Crippen molar-refractivity contribution in [1.29, 1.82) is 0 Å². The van der Waals surface area contributed by atoms with Crippen molar-refractivity contribution >= 4 is 6.03 Å². The summed E-state index contributed by atoms with van der Waals surface area (Å²) in [4.78, 5) is 22.1. The number of hydrogen-bond acceptors (Lipinski definition) is 5. The Morgan fingerprint density at radius 1 is 1.12 bits per heavy atom. The van der Waals surface area contributed by atoms with E-state index in [9.17, 15) is 18.0 Å². The fourth-order valence-electron chi connectivity index (χ4n) is 4.86. The number of carbonyl (C=O) groups is 1. The van der Waals surface area contributed by atoms with Gasteiger partial charge in [-0.15, -0.1) is 0 Å². The summed E-state index contributed by atoms with van der Waals surface area (Å²) in [6, 6.07) is 11.0. The van der Waals surface area contributed by atoms with Crippen molar-refractivity contribution < 1.29 is 22.7 Å². The molecule has 11 heteroatoms. The van der Waals surface area contributed by atoms with Crippen LogP contribution in [0.4, 0.5) is 18.0 Å². The van der Waals surface area contributed by atoms with Crippen LogP contribution in [0, 0.1) is 17.0 Å². The summed E-state index contributed by atoms with van der Waals surface area (Å²) in [5.74, 6) is -0.858. The summed E-state index contributed by atoms with van der Waals surface area (Å²) in [7, 11) is 0. The van der Waals surface area contributed by atoms with E-state index in [4.69, 9.17) is 15.5 Å². The van der Waals surface area contributed by atoms with Crippen LogP contribution in [-0.2, 0) is 11.3 Å². The van der Waals surface area contributed by atoms with Crippen LogP contribution in [-0.4, -0.2) is 76.2 Å². The molecule has 0 saturated carbocycles. The standard InChI is InChI=1S/C29H37F3N6O2/c1-29(2,3)25(37(12-11-22(33)18-30)28(39)36-13-15-40-16-14-36)27-34-26(23-17-21(31)9-10-24(23)32)35-38(27)19-20-7-5-4-6-8-20/h4-10,17,22,25H,11-16,18-19,33H2,1-3H3/t22-,25-/m0/s1.